The van der Waals surface area contributed by atoms with Crippen molar-refractivity contribution >= 4 is 17.3 Å². The molecule has 0 radical (unpaired) electrons. The SMILES string of the molecule is NCC1(COc2cnc(Cl)c(-c3cccc([N+](=O)[O-])c3)c2)CC1. The van der Waals surface area contributed by atoms with Crippen molar-refractivity contribution in [1.29, 1.82) is 0 Å². The monoisotopic (exact) mass is 333 g/mol. The molecule has 7 heteroatoms. The second kappa shape index (κ2) is 6.14. The summed E-state index contributed by atoms with van der Waals surface area (Å²) in [7, 11) is 0. The lowest BCUT2D eigenvalue weighted by atomic mass is 10.1. The van der Waals surface area contributed by atoms with Gasteiger partial charge < -0.3 is 10.5 Å². The Labute approximate surface area is 138 Å². The van der Waals surface area contributed by atoms with E-state index in [1.54, 1.807) is 24.4 Å². The van der Waals surface area contributed by atoms with E-state index in [1.807, 2.05) is 0 Å². The van der Waals surface area contributed by atoms with Crippen LogP contribution in [0.15, 0.2) is 36.5 Å². The van der Waals surface area contributed by atoms with Crippen LogP contribution >= 0.6 is 11.6 Å². The smallest absolute Gasteiger partial charge is 0.270 e. The Bertz CT molecular complexity index is 747. The van der Waals surface area contributed by atoms with Crippen LogP contribution in [-0.4, -0.2) is 23.1 Å². The molecule has 0 saturated heterocycles. The number of aromatic nitrogens is 1. The van der Waals surface area contributed by atoms with Crippen molar-refractivity contribution in [2.45, 2.75) is 12.8 Å². The third kappa shape index (κ3) is 3.43. The Balaban J connectivity index is 1.85. The van der Waals surface area contributed by atoms with Gasteiger partial charge in [0.15, 0.2) is 0 Å². The summed E-state index contributed by atoms with van der Waals surface area (Å²) in [5, 5.41) is 11.2. The highest BCUT2D eigenvalue weighted by molar-refractivity contribution is 6.32. The first kappa shape index (κ1) is 15.7. The molecule has 0 bridgehead atoms. The Morgan fingerprint density at radius 2 is 2.17 bits per heavy atom. The summed E-state index contributed by atoms with van der Waals surface area (Å²) in [5.74, 6) is 0.579. The molecular formula is C16H16ClN3O3. The van der Waals surface area contributed by atoms with E-state index in [1.165, 1.54) is 12.1 Å². The number of nitro groups is 1. The highest BCUT2D eigenvalue weighted by Crippen LogP contribution is 2.44. The molecule has 0 atom stereocenters. The number of benzene rings is 1. The molecular weight excluding hydrogens is 318 g/mol. The average molecular weight is 334 g/mol. The second-order valence-corrected chi connectivity index (χ2v) is 6.17. The van der Waals surface area contributed by atoms with Gasteiger partial charge in [-0.25, -0.2) is 4.98 Å². The molecule has 0 spiro atoms. The minimum absolute atomic E-state index is 0.00459. The molecule has 2 aromatic rings. The van der Waals surface area contributed by atoms with Crippen LogP contribution in [0.4, 0.5) is 5.69 Å². The molecule has 1 aliphatic carbocycles. The Kier molecular flexibility index (Phi) is 4.19. The lowest BCUT2D eigenvalue weighted by molar-refractivity contribution is -0.384. The zero-order chi connectivity index (χ0) is 16.4. The first-order valence-corrected chi connectivity index (χ1v) is 7.64. The normalized spacial score (nSPS) is 15.2. The number of ether oxygens (including phenoxy) is 1. The van der Waals surface area contributed by atoms with Gasteiger partial charge in [-0.1, -0.05) is 23.7 Å². The van der Waals surface area contributed by atoms with E-state index < -0.39 is 4.92 Å². The average Bonchev–Trinajstić information content (AvgIpc) is 3.35. The highest BCUT2D eigenvalue weighted by Gasteiger charge is 2.42. The molecule has 6 nitrogen and oxygen atoms in total. The first-order valence-electron chi connectivity index (χ1n) is 7.26. The lowest BCUT2D eigenvalue weighted by Crippen LogP contribution is -2.22. The largest absolute Gasteiger partial charge is 0.491 e. The number of hydrogen-bond acceptors (Lipinski definition) is 5. The van der Waals surface area contributed by atoms with E-state index in [9.17, 15) is 10.1 Å². The third-order valence-electron chi connectivity index (χ3n) is 4.12. The molecule has 3 rings (SSSR count). The van der Waals surface area contributed by atoms with Gasteiger partial charge in [0.2, 0.25) is 0 Å². The number of nitrogens with zero attached hydrogens (tertiary/aromatic N) is 2. The van der Waals surface area contributed by atoms with Crippen LogP contribution in [0.5, 0.6) is 5.75 Å². The van der Waals surface area contributed by atoms with E-state index in [0.29, 0.717) is 30.0 Å². The van der Waals surface area contributed by atoms with E-state index in [4.69, 9.17) is 22.1 Å². The summed E-state index contributed by atoms with van der Waals surface area (Å²) in [6.07, 6.45) is 3.69. The summed E-state index contributed by atoms with van der Waals surface area (Å²) in [6, 6.07) is 8.02. The van der Waals surface area contributed by atoms with Gasteiger partial charge in [0, 0.05) is 29.7 Å². The zero-order valence-electron chi connectivity index (χ0n) is 12.4. The number of halogens is 1. The van der Waals surface area contributed by atoms with Crippen LogP contribution in [0.3, 0.4) is 0 Å². The maximum atomic E-state index is 10.9. The van der Waals surface area contributed by atoms with Crippen molar-refractivity contribution < 1.29 is 9.66 Å². The molecule has 1 aromatic heterocycles. The maximum absolute atomic E-state index is 10.9. The molecule has 120 valence electrons. The summed E-state index contributed by atoms with van der Waals surface area (Å²) in [6.45, 7) is 1.15. The molecule has 23 heavy (non-hydrogen) atoms. The minimum atomic E-state index is -0.441. The Morgan fingerprint density at radius 1 is 1.39 bits per heavy atom. The fourth-order valence-electron chi connectivity index (χ4n) is 2.32. The van der Waals surface area contributed by atoms with Crippen LogP contribution in [-0.2, 0) is 0 Å². The van der Waals surface area contributed by atoms with Gasteiger partial charge >= 0.3 is 0 Å². The Hall–Kier alpha value is -2.18. The molecule has 1 aromatic carbocycles. The van der Waals surface area contributed by atoms with Crippen LogP contribution in [0.25, 0.3) is 11.1 Å². The predicted octanol–water partition coefficient (Wildman–Crippen LogP) is 3.43. The van der Waals surface area contributed by atoms with Crippen LogP contribution in [0.2, 0.25) is 5.15 Å². The van der Waals surface area contributed by atoms with E-state index in [2.05, 4.69) is 4.98 Å². The van der Waals surface area contributed by atoms with E-state index in [0.717, 1.165) is 12.8 Å². The van der Waals surface area contributed by atoms with Gasteiger partial charge in [-0.2, -0.15) is 0 Å². The van der Waals surface area contributed by atoms with E-state index >= 15 is 0 Å². The fraction of sp³-hybridized carbons (Fsp3) is 0.312. The van der Waals surface area contributed by atoms with Gasteiger partial charge in [-0.15, -0.1) is 0 Å². The molecule has 0 amide bonds. The quantitative estimate of drug-likeness (QED) is 0.496. The summed E-state index contributed by atoms with van der Waals surface area (Å²) >= 11 is 6.14. The molecule has 2 N–H and O–H groups in total. The van der Waals surface area contributed by atoms with Gasteiger partial charge in [-0.3, -0.25) is 10.1 Å². The van der Waals surface area contributed by atoms with E-state index in [-0.39, 0.29) is 16.3 Å². The summed E-state index contributed by atoms with van der Waals surface area (Å²) in [5.41, 5.74) is 7.06. The Morgan fingerprint density at radius 3 is 2.83 bits per heavy atom. The standard InChI is InChI=1S/C16H16ClN3O3/c17-15-14(11-2-1-3-12(6-11)20(21)22)7-13(8-19-15)23-10-16(9-18)4-5-16/h1-3,6-8H,4-5,9-10,18H2. The van der Waals surface area contributed by atoms with Gasteiger partial charge in [0.05, 0.1) is 17.7 Å². The summed E-state index contributed by atoms with van der Waals surface area (Å²) < 4.78 is 5.78. The van der Waals surface area contributed by atoms with Crippen molar-refractivity contribution in [3.63, 3.8) is 0 Å². The van der Waals surface area contributed by atoms with Crippen LogP contribution in [0.1, 0.15) is 12.8 Å². The van der Waals surface area contributed by atoms with Crippen molar-refractivity contribution in [3.8, 4) is 16.9 Å². The van der Waals surface area contributed by atoms with Crippen molar-refractivity contribution in [2.24, 2.45) is 11.1 Å². The van der Waals surface area contributed by atoms with Gasteiger partial charge in [0.25, 0.3) is 5.69 Å². The zero-order valence-corrected chi connectivity index (χ0v) is 13.1. The number of non-ortho nitro benzene ring substituents is 1. The molecule has 0 aliphatic heterocycles. The van der Waals surface area contributed by atoms with Gasteiger partial charge in [0.1, 0.15) is 10.9 Å². The second-order valence-electron chi connectivity index (χ2n) is 5.81. The molecule has 1 saturated carbocycles. The van der Waals surface area contributed by atoms with Crippen molar-refractivity contribution in [2.75, 3.05) is 13.2 Å². The number of nitrogens with two attached hydrogens (primary N) is 1. The van der Waals surface area contributed by atoms with Crippen LogP contribution in [0, 0.1) is 15.5 Å². The number of hydrogen-bond donors (Lipinski definition) is 1. The number of rotatable bonds is 6. The van der Waals surface area contributed by atoms with Crippen LogP contribution < -0.4 is 10.5 Å². The number of nitro benzene ring substituents is 1. The maximum Gasteiger partial charge on any atom is 0.270 e. The highest BCUT2D eigenvalue weighted by atomic mass is 35.5. The minimum Gasteiger partial charge on any atom is -0.491 e. The molecule has 1 aliphatic rings. The molecule has 1 heterocycles. The van der Waals surface area contributed by atoms with Crippen molar-refractivity contribution in [3.05, 3.63) is 51.8 Å². The fourth-order valence-corrected chi connectivity index (χ4v) is 2.53. The lowest BCUT2D eigenvalue weighted by Gasteiger charge is -2.14. The number of pyridine rings is 1. The predicted molar refractivity (Wildman–Crippen MR) is 87.6 cm³/mol. The first-order chi connectivity index (χ1) is 11.0. The molecule has 1 fully saturated rings. The molecule has 0 unspecified atom stereocenters. The van der Waals surface area contributed by atoms with Gasteiger partial charge in [-0.05, 0) is 24.5 Å². The topological polar surface area (TPSA) is 91.3 Å². The third-order valence-corrected chi connectivity index (χ3v) is 4.42. The summed E-state index contributed by atoms with van der Waals surface area (Å²) in [4.78, 5) is 14.6. The van der Waals surface area contributed by atoms with Crippen molar-refractivity contribution in [1.82, 2.24) is 4.98 Å².